The fraction of sp³-hybridized carbons (Fsp3) is 0. The predicted octanol–water partition coefficient (Wildman–Crippen LogP) is 5.25. The molecule has 0 unspecified atom stereocenters. The van der Waals surface area contributed by atoms with E-state index in [9.17, 15) is 0 Å². The van der Waals surface area contributed by atoms with Crippen LogP contribution in [0.4, 0.5) is 0 Å². The van der Waals surface area contributed by atoms with E-state index in [-0.39, 0.29) is 0 Å². The van der Waals surface area contributed by atoms with Gasteiger partial charge in [-0.25, -0.2) is 0 Å². The number of furan rings is 1. The van der Waals surface area contributed by atoms with Crippen molar-refractivity contribution in [3.63, 3.8) is 0 Å². The molecule has 0 saturated heterocycles. The first kappa shape index (κ1) is 10.4. The average molecular weight is 244 g/mol. The molecular weight excluding hydrogens is 232 g/mol. The van der Waals surface area contributed by atoms with E-state index in [1.165, 1.54) is 10.8 Å². The summed E-state index contributed by atoms with van der Waals surface area (Å²) in [5.41, 5.74) is 2.06. The van der Waals surface area contributed by atoms with E-state index in [2.05, 4.69) is 54.6 Å². The van der Waals surface area contributed by atoms with Crippen LogP contribution in [0.3, 0.4) is 0 Å². The molecule has 3 aromatic carbocycles. The second kappa shape index (κ2) is 3.99. The lowest BCUT2D eigenvalue weighted by Gasteiger charge is -2.00. The molecule has 0 N–H and O–H groups in total. The summed E-state index contributed by atoms with van der Waals surface area (Å²) in [6.07, 6.45) is 0. The molecule has 90 valence electrons. The summed E-state index contributed by atoms with van der Waals surface area (Å²) in [4.78, 5) is 0. The highest BCUT2D eigenvalue weighted by molar-refractivity contribution is 5.89. The van der Waals surface area contributed by atoms with Gasteiger partial charge in [0.2, 0.25) is 0 Å². The van der Waals surface area contributed by atoms with Crippen molar-refractivity contribution >= 4 is 21.7 Å². The SMILES string of the molecule is c1ccc2cc(-c3cc4ccccc4o3)ccc2c1. The Balaban J connectivity index is 1.93. The van der Waals surface area contributed by atoms with Gasteiger partial charge in [0.15, 0.2) is 0 Å². The Morgan fingerprint density at radius 2 is 1.32 bits per heavy atom. The van der Waals surface area contributed by atoms with Crippen LogP contribution in [0.2, 0.25) is 0 Å². The lowest BCUT2D eigenvalue weighted by molar-refractivity contribution is 0.631. The van der Waals surface area contributed by atoms with Gasteiger partial charge in [-0.1, -0.05) is 54.6 Å². The van der Waals surface area contributed by atoms with E-state index < -0.39 is 0 Å². The van der Waals surface area contributed by atoms with Gasteiger partial charge in [-0.15, -0.1) is 0 Å². The van der Waals surface area contributed by atoms with Crippen molar-refractivity contribution in [2.45, 2.75) is 0 Å². The Morgan fingerprint density at radius 3 is 2.16 bits per heavy atom. The molecule has 0 aliphatic heterocycles. The number of hydrogen-bond acceptors (Lipinski definition) is 1. The molecule has 0 aliphatic rings. The first-order valence-corrected chi connectivity index (χ1v) is 6.38. The molecule has 0 bridgehead atoms. The third-order valence-corrected chi connectivity index (χ3v) is 3.46. The van der Waals surface area contributed by atoms with Crippen molar-refractivity contribution < 1.29 is 4.42 Å². The predicted molar refractivity (Wildman–Crippen MR) is 79.2 cm³/mol. The second-order valence-corrected chi connectivity index (χ2v) is 4.71. The average Bonchev–Trinajstić information content (AvgIpc) is 2.90. The van der Waals surface area contributed by atoms with Crippen molar-refractivity contribution in [2.24, 2.45) is 0 Å². The third kappa shape index (κ3) is 1.71. The summed E-state index contributed by atoms with van der Waals surface area (Å²) in [6.45, 7) is 0. The number of para-hydroxylation sites is 1. The van der Waals surface area contributed by atoms with Gasteiger partial charge in [-0.3, -0.25) is 0 Å². The Morgan fingerprint density at radius 1 is 0.579 bits per heavy atom. The maximum atomic E-state index is 5.90. The molecule has 0 atom stereocenters. The Kier molecular flexibility index (Phi) is 2.18. The van der Waals surface area contributed by atoms with Crippen LogP contribution in [0.5, 0.6) is 0 Å². The molecule has 1 aromatic heterocycles. The maximum absolute atomic E-state index is 5.90. The topological polar surface area (TPSA) is 13.1 Å². The van der Waals surface area contributed by atoms with Crippen LogP contribution < -0.4 is 0 Å². The summed E-state index contributed by atoms with van der Waals surface area (Å²) in [7, 11) is 0. The number of benzene rings is 3. The van der Waals surface area contributed by atoms with Gasteiger partial charge in [0.25, 0.3) is 0 Å². The van der Waals surface area contributed by atoms with Gasteiger partial charge in [0, 0.05) is 10.9 Å². The van der Waals surface area contributed by atoms with Crippen molar-refractivity contribution in [2.75, 3.05) is 0 Å². The summed E-state index contributed by atoms with van der Waals surface area (Å²) in [5, 5.41) is 3.63. The fourth-order valence-electron chi connectivity index (χ4n) is 2.47. The smallest absolute Gasteiger partial charge is 0.135 e. The molecule has 0 saturated carbocycles. The van der Waals surface area contributed by atoms with Crippen LogP contribution in [0.15, 0.2) is 77.2 Å². The molecule has 0 aliphatic carbocycles. The Labute approximate surface area is 111 Å². The quantitative estimate of drug-likeness (QED) is 0.445. The van der Waals surface area contributed by atoms with E-state index in [1.54, 1.807) is 0 Å². The summed E-state index contributed by atoms with van der Waals surface area (Å²) in [6, 6.07) is 25.0. The summed E-state index contributed by atoms with van der Waals surface area (Å²) < 4.78 is 5.90. The van der Waals surface area contributed by atoms with Gasteiger partial charge in [0.05, 0.1) is 0 Å². The van der Waals surface area contributed by atoms with E-state index in [1.807, 2.05) is 18.2 Å². The molecule has 0 radical (unpaired) electrons. The van der Waals surface area contributed by atoms with Crippen LogP contribution >= 0.6 is 0 Å². The zero-order valence-corrected chi connectivity index (χ0v) is 10.3. The lowest BCUT2D eigenvalue weighted by Crippen LogP contribution is -1.75. The fourth-order valence-corrected chi connectivity index (χ4v) is 2.47. The van der Waals surface area contributed by atoms with Crippen LogP contribution in [0, 0.1) is 0 Å². The van der Waals surface area contributed by atoms with Gasteiger partial charge in [-0.05, 0) is 29.0 Å². The lowest BCUT2D eigenvalue weighted by atomic mass is 10.1. The van der Waals surface area contributed by atoms with Crippen molar-refractivity contribution in [3.8, 4) is 11.3 Å². The van der Waals surface area contributed by atoms with E-state index >= 15 is 0 Å². The van der Waals surface area contributed by atoms with Gasteiger partial charge in [-0.2, -0.15) is 0 Å². The van der Waals surface area contributed by atoms with Crippen LogP contribution in [0.25, 0.3) is 33.1 Å². The minimum Gasteiger partial charge on any atom is -0.456 e. The molecule has 1 heteroatoms. The van der Waals surface area contributed by atoms with Crippen molar-refractivity contribution in [1.29, 1.82) is 0 Å². The van der Waals surface area contributed by atoms with Gasteiger partial charge in [0.1, 0.15) is 11.3 Å². The number of hydrogen-bond donors (Lipinski definition) is 0. The molecule has 1 nitrogen and oxygen atoms in total. The van der Waals surface area contributed by atoms with Crippen molar-refractivity contribution in [1.82, 2.24) is 0 Å². The zero-order valence-electron chi connectivity index (χ0n) is 10.3. The van der Waals surface area contributed by atoms with E-state index in [4.69, 9.17) is 4.42 Å². The minimum atomic E-state index is 0.923. The first-order chi connectivity index (χ1) is 9.40. The minimum absolute atomic E-state index is 0.923. The maximum Gasteiger partial charge on any atom is 0.135 e. The van der Waals surface area contributed by atoms with Gasteiger partial charge < -0.3 is 4.42 Å². The van der Waals surface area contributed by atoms with Crippen LogP contribution in [0.1, 0.15) is 0 Å². The monoisotopic (exact) mass is 244 g/mol. The van der Waals surface area contributed by atoms with E-state index in [0.717, 1.165) is 22.3 Å². The number of fused-ring (bicyclic) bond motifs is 2. The molecular formula is C18H12O. The van der Waals surface area contributed by atoms with Crippen LogP contribution in [-0.2, 0) is 0 Å². The van der Waals surface area contributed by atoms with Crippen LogP contribution in [-0.4, -0.2) is 0 Å². The molecule has 0 spiro atoms. The zero-order chi connectivity index (χ0) is 12.7. The molecule has 0 amide bonds. The highest BCUT2D eigenvalue weighted by Crippen LogP contribution is 2.29. The molecule has 0 fully saturated rings. The normalized spacial score (nSPS) is 11.2. The molecule has 4 aromatic rings. The highest BCUT2D eigenvalue weighted by Gasteiger charge is 2.06. The number of rotatable bonds is 1. The van der Waals surface area contributed by atoms with Gasteiger partial charge >= 0.3 is 0 Å². The molecule has 1 heterocycles. The first-order valence-electron chi connectivity index (χ1n) is 6.38. The van der Waals surface area contributed by atoms with E-state index in [0.29, 0.717) is 0 Å². The Bertz CT molecular complexity index is 838. The molecule has 4 rings (SSSR count). The Hall–Kier alpha value is -2.54. The summed E-state index contributed by atoms with van der Waals surface area (Å²) in [5.74, 6) is 0.923. The molecule has 19 heavy (non-hydrogen) atoms. The second-order valence-electron chi connectivity index (χ2n) is 4.71. The van der Waals surface area contributed by atoms with Crippen molar-refractivity contribution in [3.05, 3.63) is 72.8 Å². The largest absolute Gasteiger partial charge is 0.456 e. The summed E-state index contributed by atoms with van der Waals surface area (Å²) >= 11 is 0. The standard InChI is InChI=1S/C18H12O/c1-2-6-14-11-16(10-9-13(14)5-1)18-12-15-7-3-4-8-17(15)19-18/h1-12H. The third-order valence-electron chi connectivity index (χ3n) is 3.46. The highest BCUT2D eigenvalue weighted by atomic mass is 16.3.